The van der Waals surface area contributed by atoms with E-state index in [0.29, 0.717) is 3.57 Å². The molecule has 1 aliphatic carbocycles. The van der Waals surface area contributed by atoms with Gasteiger partial charge in [-0.2, -0.15) is 0 Å². The standard InChI is InChI=1S/C20H21F2IN2O6S/c1-30-15-7-16-18(19(17(15)22)24-12-3-2-10(23)6-11(12)21)25-32(28,29)20(4-5-20)8-13(26)14(27)9-31-16/h2-3,6-7,13-14,24-27H,4-5,8-9H2,1H3. The number of fused-ring (bicyclic) bond motifs is 1. The molecule has 1 aliphatic heterocycles. The second-order valence-corrected chi connectivity index (χ2v) is 11.2. The average Bonchev–Trinajstić information content (AvgIpc) is 3.52. The molecule has 174 valence electrons. The fourth-order valence-corrected chi connectivity index (χ4v) is 5.76. The van der Waals surface area contributed by atoms with Gasteiger partial charge in [-0.25, -0.2) is 17.2 Å². The summed E-state index contributed by atoms with van der Waals surface area (Å²) in [4.78, 5) is 0. The van der Waals surface area contributed by atoms with Crippen LogP contribution in [0.4, 0.5) is 25.8 Å². The Labute approximate surface area is 197 Å². The van der Waals surface area contributed by atoms with Crippen LogP contribution in [0.25, 0.3) is 0 Å². The van der Waals surface area contributed by atoms with Crippen LogP contribution in [0.2, 0.25) is 0 Å². The van der Waals surface area contributed by atoms with Crippen LogP contribution in [-0.2, 0) is 10.0 Å². The van der Waals surface area contributed by atoms with E-state index in [4.69, 9.17) is 9.47 Å². The number of rotatable bonds is 3. The lowest BCUT2D eigenvalue weighted by Crippen LogP contribution is -2.41. The number of halogens is 3. The Morgan fingerprint density at radius 2 is 1.97 bits per heavy atom. The number of aliphatic hydroxyl groups is 2. The van der Waals surface area contributed by atoms with Crippen molar-refractivity contribution in [2.45, 2.75) is 36.2 Å². The van der Waals surface area contributed by atoms with Crippen molar-refractivity contribution in [1.29, 1.82) is 0 Å². The largest absolute Gasteiger partial charge is 0.493 e. The van der Waals surface area contributed by atoms with E-state index >= 15 is 4.39 Å². The molecule has 1 heterocycles. The lowest BCUT2D eigenvalue weighted by atomic mass is 10.1. The molecule has 32 heavy (non-hydrogen) atoms. The van der Waals surface area contributed by atoms with E-state index in [9.17, 15) is 23.0 Å². The van der Waals surface area contributed by atoms with E-state index in [1.807, 2.05) is 22.6 Å². The van der Waals surface area contributed by atoms with Gasteiger partial charge in [-0.15, -0.1) is 0 Å². The SMILES string of the molecule is COc1cc2c(c(Nc3ccc(I)cc3F)c1F)NS(=O)(=O)C1(CC1)CC(O)C(O)CO2. The van der Waals surface area contributed by atoms with Gasteiger partial charge in [0.15, 0.2) is 11.6 Å². The molecule has 0 bridgehead atoms. The summed E-state index contributed by atoms with van der Waals surface area (Å²) >= 11 is 1.92. The highest BCUT2D eigenvalue weighted by Crippen LogP contribution is 2.51. The van der Waals surface area contributed by atoms with Gasteiger partial charge in [-0.3, -0.25) is 4.72 Å². The van der Waals surface area contributed by atoms with Crippen LogP contribution in [0.15, 0.2) is 24.3 Å². The first kappa shape index (κ1) is 23.3. The molecule has 0 amide bonds. The first-order chi connectivity index (χ1) is 15.1. The molecular weight excluding hydrogens is 561 g/mol. The monoisotopic (exact) mass is 582 g/mol. The van der Waals surface area contributed by atoms with Gasteiger partial charge in [0, 0.05) is 9.64 Å². The number of methoxy groups -OCH3 is 1. The van der Waals surface area contributed by atoms with Crippen LogP contribution in [0, 0.1) is 15.2 Å². The zero-order valence-electron chi connectivity index (χ0n) is 16.9. The third-order valence-electron chi connectivity index (χ3n) is 5.65. The topological polar surface area (TPSA) is 117 Å². The normalized spacial score (nSPS) is 23.4. The van der Waals surface area contributed by atoms with Crippen molar-refractivity contribution in [3.8, 4) is 11.5 Å². The number of aliphatic hydroxyl groups excluding tert-OH is 2. The summed E-state index contributed by atoms with van der Waals surface area (Å²) in [6.07, 6.45) is -2.34. The Morgan fingerprint density at radius 3 is 2.59 bits per heavy atom. The minimum atomic E-state index is -4.13. The summed E-state index contributed by atoms with van der Waals surface area (Å²) in [7, 11) is -2.92. The van der Waals surface area contributed by atoms with Gasteiger partial charge < -0.3 is 25.0 Å². The zero-order valence-corrected chi connectivity index (χ0v) is 19.8. The minimum absolute atomic E-state index is 0.0901. The zero-order chi connectivity index (χ0) is 23.3. The summed E-state index contributed by atoms with van der Waals surface area (Å²) in [6, 6.07) is 5.35. The van der Waals surface area contributed by atoms with E-state index in [1.165, 1.54) is 19.2 Å². The first-order valence-corrected chi connectivity index (χ1v) is 12.3. The highest BCUT2D eigenvalue weighted by Gasteiger charge is 2.56. The molecule has 0 saturated heterocycles. The number of ether oxygens (including phenoxy) is 2. The number of benzene rings is 2. The first-order valence-electron chi connectivity index (χ1n) is 9.71. The molecule has 0 aromatic heterocycles. The molecule has 2 atom stereocenters. The van der Waals surface area contributed by atoms with Crippen molar-refractivity contribution in [1.82, 2.24) is 0 Å². The van der Waals surface area contributed by atoms with Crippen molar-refractivity contribution in [3.63, 3.8) is 0 Å². The summed E-state index contributed by atoms with van der Waals surface area (Å²) in [6.45, 7) is -0.377. The Balaban J connectivity index is 1.88. The third-order valence-corrected chi connectivity index (χ3v) is 8.51. The van der Waals surface area contributed by atoms with Crippen molar-refractivity contribution >= 4 is 49.7 Å². The Morgan fingerprint density at radius 1 is 1.25 bits per heavy atom. The van der Waals surface area contributed by atoms with E-state index in [1.54, 1.807) is 6.07 Å². The quantitative estimate of drug-likeness (QED) is 0.411. The molecule has 2 aromatic carbocycles. The van der Waals surface area contributed by atoms with E-state index < -0.39 is 44.3 Å². The van der Waals surface area contributed by atoms with Crippen molar-refractivity contribution < 1.29 is 36.9 Å². The molecule has 1 saturated carbocycles. The van der Waals surface area contributed by atoms with Crippen LogP contribution in [0.3, 0.4) is 0 Å². The molecule has 12 heteroatoms. The number of anilines is 3. The fraction of sp³-hybridized carbons (Fsp3) is 0.400. The molecule has 8 nitrogen and oxygen atoms in total. The van der Waals surface area contributed by atoms with Gasteiger partial charge >= 0.3 is 0 Å². The van der Waals surface area contributed by atoms with E-state index in [0.717, 1.165) is 6.07 Å². The third kappa shape index (κ3) is 4.20. The Bertz CT molecular complexity index is 1160. The Kier molecular flexibility index (Phi) is 6.15. The molecule has 0 radical (unpaired) electrons. The van der Waals surface area contributed by atoms with Gasteiger partial charge in [0.1, 0.15) is 35.7 Å². The van der Waals surface area contributed by atoms with Gasteiger partial charge in [0.05, 0.1) is 23.6 Å². The smallest absolute Gasteiger partial charge is 0.238 e. The number of nitrogens with one attached hydrogen (secondary N) is 2. The number of hydrogen-bond donors (Lipinski definition) is 4. The van der Waals surface area contributed by atoms with Gasteiger partial charge in [0.25, 0.3) is 0 Å². The maximum absolute atomic E-state index is 15.3. The second kappa shape index (κ2) is 8.47. The molecule has 4 N–H and O–H groups in total. The summed E-state index contributed by atoms with van der Waals surface area (Å²) in [5.74, 6) is -2.07. The predicted molar refractivity (Wildman–Crippen MR) is 122 cm³/mol. The Hall–Kier alpha value is -1.90. The highest BCUT2D eigenvalue weighted by molar-refractivity contribution is 14.1. The van der Waals surface area contributed by atoms with E-state index in [-0.39, 0.29) is 48.7 Å². The maximum atomic E-state index is 15.3. The van der Waals surface area contributed by atoms with Crippen molar-refractivity contribution in [2.75, 3.05) is 23.8 Å². The van der Waals surface area contributed by atoms with Crippen LogP contribution in [0.1, 0.15) is 19.3 Å². The molecule has 4 rings (SSSR count). The second-order valence-electron chi connectivity index (χ2n) is 7.83. The minimum Gasteiger partial charge on any atom is -0.493 e. The molecule has 2 aliphatic rings. The lowest BCUT2D eigenvalue weighted by molar-refractivity contribution is -0.0129. The summed E-state index contributed by atoms with van der Waals surface area (Å²) < 4.78 is 68.4. The van der Waals surface area contributed by atoms with Gasteiger partial charge in [-0.1, -0.05) is 0 Å². The van der Waals surface area contributed by atoms with E-state index in [2.05, 4.69) is 10.0 Å². The van der Waals surface area contributed by atoms with Crippen molar-refractivity contribution in [2.24, 2.45) is 0 Å². The molecule has 1 fully saturated rings. The van der Waals surface area contributed by atoms with Gasteiger partial charge in [-0.05, 0) is 60.1 Å². The lowest BCUT2D eigenvalue weighted by Gasteiger charge is -2.28. The fourth-order valence-electron chi connectivity index (χ4n) is 3.59. The average molecular weight is 582 g/mol. The number of hydrogen-bond acceptors (Lipinski definition) is 7. The molecular formula is C20H21F2IN2O6S. The van der Waals surface area contributed by atoms with Crippen LogP contribution in [0.5, 0.6) is 11.5 Å². The predicted octanol–water partition coefficient (Wildman–Crippen LogP) is 3.10. The number of sulfonamides is 1. The van der Waals surface area contributed by atoms with Crippen LogP contribution >= 0.6 is 22.6 Å². The molecule has 2 aromatic rings. The summed E-state index contributed by atoms with van der Waals surface area (Å²) in [5, 5.41) is 23.1. The van der Waals surface area contributed by atoms with Gasteiger partial charge in [0.2, 0.25) is 10.0 Å². The molecule has 2 unspecified atom stereocenters. The maximum Gasteiger partial charge on any atom is 0.238 e. The highest BCUT2D eigenvalue weighted by atomic mass is 127. The van der Waals surface area contributed by atoms with Crippen LogP contribution in [-0.4, -0.2) is 49.3 Å². The molecule has 1 spiro atoms. The summed E-state index contributed by atoms with van der Waals surface area (Å²) in [5.41, 5.74) is -0.766. The van der Waals surface area contributed by atoms with Crippen LogP contribution < -0.4 is 19.5 Å². The van der Waals surface area contributed by atoms with Crippen molar-refractivity contribution in [3.05, 3.63) is 39.5 Å².